The molecule has 0 aliphatic rings. The van der Waals surface area contributed by atoms with Gasteiger partial charge in [0.05, 0.1) is 5.75 Å². The number of hydrogen-bond donors (Lipinski definition) is 2. The van der Waals surface area contributed by atoms with Crippen LogP contribution in [0, 0.1) is 0 Å². The molecule has 16 heavy (non-hydrogen) atoms. The lowest BCUT2D eigenvalue weighted by atomic mass is 10.1. The van der Waals surface area contributed by atoms with E-state index in [9.17, 15) is 13.2 Å². The molecule has 0 atom stereocenters. The van der Waals surface area contributed by atoms with Crippen LogP contribution >= 0.6 is 0 Å². The third kappa shape index (κ3) is 13.4. The summed E-state index contributed by atoms with van der Waals surface area (Å²) >= 11 is 0. The van der Waals surface area contributed by atoms with Gasteiger partial charge < -0.3 is 5.11 Å². The lowest BCUT2D eigenvalue weighted by molar-refractivity contribution is -0.137. The Hall–Kier alpha value is -0.620. The van der Waals surface area contributed by atoms with Gasteiger partial charge in [0.2, 0.25) is 0 Å². The minimum Gasteiger partial charge on any atom is -0.481 e. The number of rotatable bonds is 10. The van der Waals surface area contributed by atoms with Crippen LogP contribution in [0.1, 0.15) is 51.4 Å². The van der Waals surface area contributed by atoms with E-state index >= 15 is 0 Å². The molecule has 0 bridgehead atoms. The Kier molecular flexibility index (Phi) is 8.19. The molecule has 0 saturated carbocycles. The molecule has 96 valence electrons. The summed E-state index contributed by atoms with van der Waals surface area (Å²) in [5.41, 5.74) is 0. The lowest BCUT2D eigenvalue weighted by Gasteiger charge is -2.00. The fourth-order valence-electron chi connectivity index (χ4n) is 1.44. The average Bonchev–Trinajstić information content (AvgIpc) is 2.13. The topological polar surface area (TPSA) is 91.7 Å². The van der Waals surface area contributed by atoms with Gasteiger partial charge in [-0.3, -0.25) is 9.35 Å². The summed E-state index contributed by atoms with van der Waals surface area (Å²) in [5, 5.41) is 8.38. The van der Waals surface area contributed by atoms with Crippen LogP contribution in [0.5, 0.6) is 0 Å². The molecule has 0 saturated heterocycles. The average molecular weight is 252 g/mol. The fourth-order valence-corrected chi connectivity index (χ4v) is 2.01. The molecular weight excluding hydrogens is 232 g/mol. The smallest absolute Gasteiger partial charge is 0.303 e. The Morgan fingerprint density at radius 2 is 1.31 bits per heavy atom. The Morgan fingerprint density at radius 3 is 1.75 bits per heavy atom. The first kappa shape index (κ1) is 15.4. The molecule has 0 fully saturated rings. The zero-order valence-electron chi connectivity index (χ0n) is 9.39. The molecule has 0 rings (SSSR count). The summed E-state index contributed by atoms with van der Waals surface area (Å²) < 4.78 is 29.2. The summed E-state index contributed by atoms with van der Waals surface area (Å²) in [6.07, 6.45) is 6.03. The summed E-state index contributed by atoms with van der Waals surface area (Å²) in [6.45, 7) is 0. The number of aliphatic carboxylic acids is 1. The van der Waals surface area contributed by atoms with Gasteiger partial charge in [0.25, 0.3) is 10.1 Å². The van der Waals surface area contributed by atoms with Crippen molar-refractivity contribution >= 4 is 16.1 Å². The van der Waals surface area contributed by atoms with Gasteiger partial charge in [-0.25, -0.2) is 0 Å². The molecule has 0 aromatic carbocycles. The van der Waals surface area contributed by atoms with E-state index in [1.807, 2.05) is 0 Å². The molecule has 2 N–H and O–H groups in total. The summed E-state index contributed by atoms with van der Waals surface area (Å²) in [6, 6.07) is 0. The first-order valence-electron chi connectivity index (χ1n) is 5.59. The highest BCUT2D eigenvalue weighted by Crippen LogP contribution is 2.09. The first-order chi connectivity index (χ1) is 7.42. The number of carbonyl (C=O) groups is 1. The van der Waals surface area contributed by atoms with Crippen molar-refractivity contribution in [2.75, 3.05) is 5.75 Å². The molecule has 6 heteroatoms. The van der Waals surface area contributed by atoms with Crippen molar-refractivity contribution in [1.29, 1.82) is 0 Å². The summed E-state index contributed by atoms with van der Waals surface area (Å²) in [4.78, 5) is 10.2. The number of unbranched alkanes of at least 4 members (excludes halogenated alkanes) is 6. The van der Waals surface area contributed by atoms with Crippen molar-refractivity contribution in [3.63, 3.8) is 0 Å². The molecule has 0 spiro atoms. The number of hydrogen-bond acceptors (Lipinski definition) is 3. The van der Waals surface area contributed by atoms with Crippen molar-refractivity contribution in [3.8, 4) is 0 Å². The van der Waals surface area contributed by atoms with E-state index in [1.165, 1.54) is 0 Å². The van der Waals surface area contributed by atoms with Gasteiger partial charge in [0.1, 0.15) is 0 Å². The van der Waals surface area contributed by atoms with Gasteiger partial charge in [-0.1, -0.05) is 32.1 Å². The summed E-state index contributed by atoms with van der Waals surface area (Å²) in [7, 11) is -3.80. The zero-order chi connectivity index (χ0) is 12.4. The Bertz CT molecular complexity index is 284. The predicted molar refractivity (Wildman–Crippen MR) is 61.0 cm³/mol. The van der Waals surface area contributed by atoms with Crippen molar-refractivity contribution in [1.82, 2.24) is 0 Å². The zero-order valence-corrected chi connectivity index (χ0v) is 10.2. The maximum atomic E-state index is 10.4. The van der Waals surface area contributed by atoms with E-state index < -0.39 is 16.1 Å². The van der Waals surface area contributed by atoms with Crippen LogP contribution in [0.15, 0.2) is 0 Å². The molecule has 0 amide bonds. The van der Waals surface area contributed by atoms with Gasteiger partial charge in [-0.15, -0.1) is 0 Å². The van der Waals surface area contributed by atoms with Crippen molar-refractivity contribution in [2.24, 2.45) is 0 Å². The number of carboxylic acid groups (broad SMARTS) is 1. The number of carboxylic acids is 1. The Labute approximate surface area is 96.6 Å². The monoisotopic (exact) mass is 252 g/mol. The normalized spacial score (nSPS) is 11.6. The molecule has 0 unspecified atom stereocenters. The molecule has 5 nitrogen and oxygen atoms in total. The molecule has 0 aromatic heterocycles. The molecule has 0 radical (unpaired) electrons. The maximum absolute atomic E-state index is 10.4. The van der Waals surface area contributed by atoms with Crippen LogP contribution in [0.25, 0.3) is 0 Å². The Balaban J connectivity index is 3.13. The van der Waals surface area contributed by atoms with Gasteiger partial charge in [0, 0.05) is 6.42 Å². The van der Waals surface area contributed by atoms with Crippen LogP contribution < -0.4 is 0 Å². The second-order valence-corrected chi connectivity index (χ2v) is 5.48. The highest BCUT2D eigenvalue weighted by molar-refractivity contribution is 7.85. The van der Waals surface area contributed by atoms with Crippen molar-refractivity contribution < 1.29 is 22.9 Å². The molecule has 0 aliphatic heterocycles. The highest BCUT2D eigenvalue weighted by Gasteiger charge is 2.02. The van der Waals surface area contributed by atoms with Gasteiger partial charge in [0.15, 0.2) is 0 Å². The van der Waals surface area contributed by atoms with Crippen molar-refractivity contribution in [3.05, 3.63) is 0 Å². The minimum absolute atomic E-state index is 0.161. The van der Waals surface area contributed by atoms with Crippen LogP contribution in [0.3, 0.4) is 0 Å². The highest BCUT2D eigenvalue weighted by atomic mass is 32.2. The lowest BCUT2D eigenvalue weighted by Crippen LogP contribution is -2.03. The molecule has 0 aliphatic carbocycles. The van der Waals surface area contributed by atoms with Crippen molar-refractivity contribution in [2.45, 2.75) is 51.4 Å². The fraction of sp³-hybridized carbons (Fsp3) is 0.900. The Morgan fingerprint density at radius 1 is 0.875 bits per heavy atom. The third-order valence-electron chi connectivity index (χ3n) is 2.29. The predicted octanol–water partition coefficient (Wildman–Crippen LogP) is 2.08. The van der Waals surface area contributed by atoms with E-state index in [4.69, 9.17) is 9.66 Å². The van der Waals surface area contributed by atoms with E-state index in [-0.39, 0.29) is 12.2 Å². The van der Waals surface area contributed by atoms with E-state index in [0.717, 1.165) is 32.1 Å². The second-order valence-electron chi connectivity index (χ2n) is 3.90. The maximum Gasteiger partial charge on any atom is 0.303 e. The second kappa shape index (κ2) is 8.52. The van der Waals surface area contributed by atoms with Crippen LogP contribution in [0.4, 0.5) is 0 Å². The first-order valence-corrected chi connectivity index (χ1v) is 7.20. The quantitative estimate of drug-likeness (QED) is 0.459. The van der Waals surface area contributed by atoms with E-state index in [0.29, 0.717) is 12.8 Å². The van der Waals surface area contributed by atoms with Crippen LogP contribution in [-0.2, 0) is 14.9 Å². The van der Waals surface area contributed by atoms with Gasteiger partial charge >= 0.3 is 5.97 Å². The summed E-state index contributed by atoms with van der Waals surface area (Å²) in [5.74, 6) is -0.917. The van der Waals surface area contributed by atoms with Gasteiger partial charge in [-0.2, -0.15) is 8.42 Å². The third-order valence-corrected chi connectivity index (χ3v) is 3.10. The largest absolute Gasteiger partial charge is 0.481 e. The van der Waals surface area contributed by atoms with E-state index in [2.05, 4.69) is 0 Å². The SMILES string of the molecule is O=C(O)CCCCCCCCCS(=O)(=O)O. The van der Waals surface area contributed by atoms with E-state index in [1.54, 1.807) is 0 Å². The molecular formula is C10H20O5S. The van der Waals surface area contributed by atoms with Gasteiger partial charge in [-0.05, 0) is 12.8 Å². The minimum atomic E-state index is -3.80. The van der Waals surface area contributed by atoms with Crippen LogP contribution in [-0.4, -0.2) is 29.8 Å². The standard InChI is InChI=1S/C10H20O5S/c11-10(12)8-6-4-2-1-3-5-7-9-16(13,14)15/h1-9H2,(H,11,12)(H,13,14,15). The molecule has 0 heterocycles. The van der Waals surface area contributed by atoms with Crippen LogP contribution in [0.2, 0.25) is 0 Å². The molecule has 0 aromatic rings.